The van der Waals surface area contributed by atoms with Crippen LogP contribution in [0.4, 0.5) is 4.79 Å². The van der Waals surface area contributed by atoms with Gasteiger partial charge >= 0.3 is 6.09 Å². The SMILES string of the molecule is C=C(OC)C1CN(C(=C)/C=C(\C)c2ccc(Cl)c(Cl)c2)CCN1C(=O)OC(C)(C)C. The van der Waals surface area contributed by atoms with Gasteiger partial charge in [0.25, 0.3) is 0 Å². The zero-order chi connectivity index (χ0) is 22.6. The highest BCUT2D eigenvalue weighted by Gasteiger charge is 2.35. The number of hydrogen-bond donors (Lipinski definition) is 0. The molecule has 1 fully saturated rings. The lowest BCUT2D eigenvalue weighted by atomic mass is 10.1. The summed E-state index contributed by atoms with van der Waals surface area (Å²) in [6.07, 6.45) is 1.62. The Bertz CT molecular complexity index is 858. The number of hydrogen-bond acceptors (Lipinski definition) is 4. The zero-order valence-electron chi connectivity index (χ0n) is 18.3. The Balaban J connectivity index is 2.17. The molecule has 0 spiro atoms. The van der Waals surface area contributed by atoms with Crippen LogP contribution >= 0.6 is 23.2 Å². The van der Waals surface area contributed by atoms with Gasteiger partial charge in [-0.15, -0.1) is 0 Å². The number of halogens is 2. The van der Waals surface area contributed by atoms with Crippen LogP contribution in [0.1, 0.15) is 33.3 Å². The van der Waals surface area contributed by atoms with Crippen molar-refractivity contribution in [2.24, 2.45) is 0 Å². The third kappa shape index (κ3) is 6.19. The third-order valence-electron chi connectivity index (χ3n) is 4.81. The summed E-state index contributed by atoms with van der Waals surface area (Å²) < 4.78 is 10.9. The van der Waals surface area contributed by atoms with Gasteiger partial charge in [0.15, 0.2) is 0 Å². The summed E-state index contributed by atoms with van der Waals surface area (Å²) in [4.78, 5) is 16.4. The quantitative estimate of drug-likeness (QED) is 0.406. The van der Waals surface area contributed by atoms with Crippen LogP contribution in [0.15, 0.2) is 48.9 Å². The van der Waals surface area contributed by atoms with E-state index in [1.165, 1.54) is 0 Å². The molecule has 1 aromatic rings. The van der Waals surface area contributed by atoms with Crippen molar-refractivity contribution in [2.75, 3.05) is 26.7 Å². The van der Waals surface area contributed by atoms with Crippen LogP contribution in [0, 0.1) is 0 Å². The van der Waals surface area contributed by atoms with Gasteiger partial charge in [-0.05, 0) is 57.0 Å². The van der Waals surface area contributed by atoms with Gasteiger partial charge in [-0.3, -0.25) is 4.90 Å². The maximum Gasteiger partial charge on any atom is 0.411 e. The van der Waals surface area contributed by atoms with Crippen LogP contribution in [0.2, 0.25) is 10.0 Å². The zero-order valence-corrected chi connectivity index (χ0v) is 19.8. The standard InChI is InChI=1S/C23H30Cl2N2O3/c1-15(18-8-9-19(24)20(25)13-18)12-16(2)26-10-11-27(21(14-26)17(3)29-7)22(28)30-23(4,5)6/h8-9,12-13,21H,2-3,10-11,14H2,1,4-7H3/b15-12+. The summed E-state index contributed by atoms with van der Waals surface area (Å²) in [6.45, 7) is 17.3. The van der Waals surface area contributed by atoms with Crippen LogP contribution in [-0.2, 0) is 9.47 Å². The average molecular weight is 453 g/mol. The summed E-state index contributed by atoms with van der Waals surface area (Å²) in [5.41, 5.74) is 2.23. The van der Waals surface area contributed by atoms with Crippen molar-refractivity contribution in [2.45, 2.75) is 39.3 Å². The Labute approximate surface area is 189 Å². The number of rotatable bonds is 5. The number of ether oxygens (including phenoxy) is 2. The highest BCUT2D eigenvalue weighted by molar-refractivity contribution is 6.42. The molecule has 1 aliphatic rings. The predicted octanol–water partition coefficient (Wildman–Crippen LogP) is 5.99. The van der Waals surface area contributed by atoms with Crippen LogP contribution in [0.5, 0.6) is 0 Å². The fraction of sp³-hybridized carbons (Fsp3) is 0.435. The van der Waals surface area contributed by atoms with Gasteiger partial charge in [0.1, 0.15) is 17.4 Å². The number of amides is 1. The van der Waals surface area contributed by atoms with E-state index in [1.807, 2.05) is 45.9 Å². The molecule has 0 bridgehead atoms. The van der Waals surface area contributed by atoms with Crippen LogP contribution in [0.3, 0.4) is 0 Å². The topological polar surface area (TPSA) is 42.0 Å². The van der Waals surface area contributed by atoms with Gasteiger partial charge in [-0.1, -0.05) is 42.4 Å². The molecule has 1 heterocycles. The first-order valence-electron chi connectivity index (χ1n) is 9.73. The molecule has 1 atom stereocenters. The van der Waals surface area contributed by atoms with E-state index in [-0.39, 0.29) is 12.1 Å². The predicted molar refractivity (Wildman–Crippen MR) is 124 cm³/mol. The number of benzene rings is 1. The largest absolute Gasteiger partial charge is 0.499 e. The van der Waals surface area contributed by atoms with Crippen molar-refractivity contribution in [3.63, 3.8) is 0 Å². The Morgan fingerprint density at radius 1 is 1.20 bits per heavy atom. The highest BCUT2D eigenvalue weighted by atomic mass is 35.5. The minimum absolute atomic E-state index is 0.339. The van der Waals surface area contributed by atoms with E-state index in [0.29, 0.717) is 35.4 Å². The summed E-state index contributed by atoms with van der Waals surface area (Å²) in [5.74, 6) is 0.503. The minimum atomic E-state index is -0.573. The number of carbonyl (C=O) groups is 1. The Morgan fingerprint density at radius 2 is 1.87 bits per heavy atom. The second-order valence-corrected chi connectivity index (χ2v) is 9.07. The van der Waals surface area contributed by atoms with E-state index in [2.05, 4.69) is 18.1 Å². The van der Waals surface area contributed by atoms with E-state index < -0.39 is 5.60 Å². The molecular weight excluding hydrogens is 423 g/mol. The van der Waals surface area contributed by atoms with E-state index in [4.69, 9.17) is 32.7 Å². The first-order valence-corrected chi connectivity index (χ1v) is 10.5. The molecular formula is C23H30Cl2N2O3. The van der Waals surface area contributed by atoms with Crippen LogP contribution in [-0.4, -0.2) is 54.3 Å². The van der Waals surface area contributed by atoms with Crippen molar-refractivity contribution >= 4 is 34.9 Å². The number of piperazine rings is 1. The molecule has 5 nitrogen and oxygen atoms in total. The molecule has 0 saturated carbocycles. The number of carbonyl (C=O) groups excluding carboxylic acids is 1. The van der Waals surface area contributed by atoms with Crippen molar-refractivity contribution in [3.8, 4) is 0 Å². The summed E-state index contributed by atoms with van der Waals surface area (Å²) >= 11 is 12.2. The first kappa shape index (κ1) is 24.2. The van der Waals surface area contributed by atoms with Crippen molar-refractivity contribution < 1.29 is 14.3 Å². The molecule has 1 amide bonds. The molecule has 2 rings (SSSR count). The Kier molecular flexibility index (Phi) is 7.89. The second-order valence-electron chi connectivity index (χ2n) is 8.25. The normalized spacial score (nSPS) is 17.6. The molecule has 0 radical (unpaired) electrons. The number of allylic oxidation sites excluding steroid dienone is 2. The molecule has 30 heavy (non-hydrogen) atoms. The first-order chi connectivity index (χ1) is 13.9. The van der Waals surface area contributed by atoms with Crippen LogP contribution < -0.4 is 0 Å². The van der Waals surface area contributed by atoms with Gasteiger partial charge in [0, 0.05) is 25.3 Å². The second kappa shape index (κ2) is 9.80. The van der Waals surface area contributed by atoms with E-state index in [9.17, 15) is 4.79 Å². The lowest BCUT2D eigenvalue weighted by Crippen LogP contribution is -2.56. The molecule has 1 unspecified atom stereocenters. The van der Waals surface area contributed by atoms with Gasteiger partial charge in [0.2, 0.25) is 0 Å². The Hall–Kier alpha value is -2.11. The molecule has 164 valence electrons. The third-order valence-corrected chi connectivity index (χ3v) is 5.55. The molecule has 0 N–H and O–H groups in total. The van der Waals surface area contributed by atoms with E-state index in [1.54, 1.807) is 18.1 Å². The monoisotopic (exact) mass is 452 g/mol. The number of nitrogens with zero attached hydrogens (tertiary/aromatic N) is 2. The van der Waals surface area contributed by atoms with Gasteiger partial charge < -0.3 is 14.4 Å². The van der Waals surface area contributed by atoms with Crippen molar-refractivity contribution in [3.05, 3.63) is 64.5 Å². The van der Waals surface area contributed by atoms with Crippen molar-refractivity contribution in [1.29, 1.82) is 0 Å². The lowest BCUT2D eigenvalue weighted by Gasteiger charge is -2.42. The summed E-state index contributed by atoms with van der Waals surface area (Å²) in [5, 5.41) is 1.03. The molecule has 1 saturated heterocycles. The van der Waals surface area contributed by atoms with Gasteiger partial charge in [-0.2, -0.15) is 0 Å². The van der Waals surface area contributed by atoms with E-state index >= 15 is 0 Å². The lowest BCUT2D eigenvalue weighted by molar-refractivity contribution is 0.000773. The minimum Gasteiger partial charge on any atom is -0.499 e. The summed E-state index contributed by atoms with van der Waals surface area (Å²) in [6, 6.07) is 5.19. The van der Waals surface area contributed by atoms with Crippen LogP contribution in [0.25, 0.3) is 5.57 Å². The molecule has 0 aromatic heterocycles. The smallest absolute Gasteiger partial charge is 0.411 e. The molecule has 1 aromatic carbocycles. The van der Waals surface area contributed by atoms with Gasteiger partial charge in [0.05, 0.1) is 17.2 Å². The fourth-order valence-corrected chi connectivity index (χ4v) is 3.46. The number of methoxy groups -OCH3 is 1. The van der Waals surface area contributed by atoms with E-state index in [0.717, 1.165) is 16.8 Å². The van der Waals surface area contributed by atoms with Crippen molar-refractivity contribution in [1.82, 2.24) is 9.80 Å². The summed E-state index contributed by atoms with van der Waals surface area (Å²) in [7, 11) is 1.55. The maximum atomic E-state index is 12.7. The highest BCUT2D eigenvalue weighted by Crippen LogP contribution is 2.28. The fourth-order valence-electron chi connectivity index (χ4n) is 3.16. The van der Waals surface area contributed by atoms with Gasteiger partial charge in [-0.25, -0.2) is 4.79 Å². The Morgan fingerprint density at radius 3 is 2.43 bits per heavy atom. The molecule has 0 aliphatic carbocycles. The molecule has 7 heteroatoms. The maximum absolute atomic E-state index is 12.7. The molecule has 1 aliphatic heterocycles. The average Bonchev–Trinajstić information content (AvgIpc) is 2.67.